The molecule has 1 aliphatic carbocycles. The summed E-state index contributed by atoms with van der Waals surface area (Å²) < 4.78 is 25.2. The zero-order valence-electron chi connectivity index (χ0n) is 11.1. The molecule has 1 aromatic heterocycles. The van der Waals surface area contributed by atoms with Crippen LogP contribution in [-0.4, -0.2) is 36.2 Å². The maximum Gasteiger partial charge on any atom is 0.152 e. The van der Waals surface area contributed by atoms with Crippen molar-refractivity contribution in [3.63, 3.8) is 0 Å². The molecular formula is C13H21N3O2S. The number of sulfone groups is 1. The summed E-state index contributed by atoms with van der Waals surface area (Å²) in [4.78, 5) is 0. The van der Waals surface area contributed by atoms with E-state index in [1.165, 1.54) is 17.7 Å². The van der Waals surface area contributed by atoms with E-state index in [1.807, 2.05) is 10.9 Å². The monoisotopic (exact) mass is 283 g/mol. The van der Waals surface area contributed by atoms with E-state index in [1.54, 1.807) is 0 Å². The molecule has 1 saturated heterocycles. The summed E-state index contributed by atoms with van der Waals surface area (Å²) >= 11 is 0. The van der Waals surface area contributed by atoms with Gasteiger partial charge in [0.25, 0.3) is 0 Å². The van der Waals surface area contributed by atoms with E-state index in [2.05, 4.69) is 5.10 Å². The van der Waals surface area contributed by atoms with Gasteiger partial charge in [-0.1, -0.05) is 0 Å². The molecule has 2 N–H and O–H groups in total. The van der Waals surface area contributed by atoms with Crippen LogP contribution in [0.3, 0.4) is 0 Å². The molecule has 0 saturated carbocycles. The highest BCUT2D eigenvalue weighted by molar-refractivity contribution is 7.91. The Morgan fingerprint density at radius 2 is 2.26 bits per heavy atom. The van der Waals surface area contributed by atoms with Gasteiger partial charge in [0.15, 0.2) is 9.84 Å². The van der Waals surface area contributed by atoms with Gasteiger partial charge in [-0.05, 0) is 50.1 Å². The topological polar surface area (TPSA) is 78.0 Å². The van der Waals surface area contributed by atoms with Gasteiger partial charge in [-0.25, -0.2) is 8.42 Å². The van der Waals surface area contributed by atoms with Crippen LogP contribution in [0.15, 0.2) is 6.20 Å². The molecule has 0 radical (unpaired) electrons. The first-order valence-electron chi connectivity index (χ1n) is 7.07. The first kappa shape index (κ1) is 13.1. The van der Waals surface area contributed by atoms with Gasteiger partial charge in [0.05, 0.1) is 23.7 Å². The molecule has 2 aliphatic rings. The Balaban J connectivity index is 1.89. The number of nitrogens with two attached hydrogens (primary N) is 1. The van der Waals surface area contributed by atoms with Crippen molar-refractivity contribution in [1.29, 1.82) is 0 Å². The van der Waals surface area contributed by atoms with Crippen LogP contribution in [0.4, 0.5) is 0 Å². The molecular weight excluding hydrogens is 262 g/mol. The fourth-order valence-electron chi connectivity index (χ4n) is 3.46. The van der Waals surface area contributed by atoms with Crippen LogP contribution in [0, 0.1) is 0 Å². The molecule has 0 spiro atoms. The number of hydrogen-bond donors (Lipinski definition) is 1. The van der Waals surface area contributed by atoms with Crippen molar-refractivity contribution in [2.45, 2.75) is 44.1 Å². The Morgan fingerprint density at radius 3 is 2.95 bits per heavy atom. The molecule has 19 heavy (non-hydrogen) atoms. The second-order valence-corrected chi connectivity index (χ2v) is 7.94. The quantitative estimate of drug-likeness (QED) is 0.898. The lowest BCUT2D eigenvalue weighted by Gasteiger charge is -2.24. The van der Waals surface area contributed by atoms with Gasteiger partial charge in [-0.2, -0.15) is 5.10 Å². The SMILES string of the molecule is NCCC1CCCc2c1cnn2C1CCS(=O)(=O)C1. The van der Waals surface area contributed by atoms with Gasteiger partial charge in [-0.15, -0.1) is 0 Å². The zero-order valence-corrected chi connectivity index (χ0v) is 11.9. The number of nitrogens with zero attached hydrogens (tertiary/aromatic N) is 2. The molecule has 3 rings (SSSR count). The average Bonchev–Trinajstić information content (AvgIpc) is 2.93. The Morgan fingerprint density at radius 1 is 1.42 bits per heavy atom. The van der Waals surface area contributed by atoms with Crippen LogP contribution in [-0.2, 0) is 16.3 Å². The minimum absolute atomic E-state index is 0.0466. The summed E-state index contributed by atoms with van der Waals surface area (Å²) in [5, 5.41) is 4.49. The van der Waals surface area contributed by atoms with E-state index in [4.69, 9.17) is 5.73 Å². The largest absolute Gasteiger partial charge is 0.330 e. The summed E-state index contributed by atoms with van der Waals surface area (Å²) in [5.41, 5.74) is 8.24. The molecule has 2 unspecified atom stereocenters. The predicted molar refractivity (Wildman–Crippen MR) is 73.9 cm³/mol. The number of fused-ring (bicyclic) bond motifs is 1. The standard InChI is InChI=1S/C13H21N3O2S/c14-6-4-10-2-1-3-13-12(10)8-15-16(13)11-5-7-19(17,18)9-11/h8,10-11H,1-7,9,14H2. The highest BCUT2D eigenvalue weighted by atomic mass is 32.2. The van der Waals surface area contributed by atoms with E-state index in [0.717, 1.165) is 19.3 Å². The minimum atomic E-state index is -2.85. The van der Waals surface area contributed by atoms with Crippen molar-refractivity contribution in [3.8, 4) is 0 Å². The summed E-state index contributed by atoms with van der Waals surface area (Å²) in [5.74, 6) is 1.07. The van der Waals surface area contributed by atoms with Crippen LogP contribution in [0.2, 0.25) is 0 Å². The lowest BCUT2D eigenvalue weighted by atomic mass is 9.85. The van der Waals surface area contributed by atoms with Crippen molar-refractivity contribution in [2.24, 2.45) is 5.73 Å². The molecule has 6 heteroatoms. The molecule has 1 fully saturated rings. The Kier molecular flexibility index (Phi) is 3.39. The van der Waals surface area contributed by atoms with Crippen LogP contribution in [0.1, 0.15) is 48.9 Å². The smallest absolute Gasteiger partial charge is 0.152 e. The van der Waals surface area contributed by atoms with Gasteiger partial charge in [0.1, 0.15) is 0 Å². The molecule has 2 heterocycles. The van der Waals surface area contributed by atoms with E-state index in [9.17, 15) is 8.42 Å². The van der Waals surface area contributed by atoms with Gasteiger partial charge in [0.2, 0.25) is 0 Å². The molecule has 0 aromatic carbocycles. The first-order chi connectivity index (χ1) is 9.11. The van der Waals surface area contributed by atoms with E-state index in [0.29, 0.717) is 24.6 Å². The van der Waals surface area contributed by atoms with Crippen molar-refractivity contribution in [1.82, 2.24) is 9.78 Å². The van der Waals surface area contributed by atoms with E-state index < -0.39 is 9.84 Å². The average molecular weight is 283 g/mol. The van der Waals surface area contributed by atoms with Crippen molar-refractivity contribution in [2.75, 3.05) is 18.1 Å². The fourth-order valence-corrected chi connectivity index (χ4v) is 5.15. The third-order valence-corrected chi connectivity index (χ3v) is 6.16. The molecule has 106 valence electrons. The lowest BCUT2D eigenvalue weighted by Crippen LogP contribution is -2.19. The second-order valence-electron chi connectivity index (χ2n) is 5.71. The normalized spacial score (nSPS) is 29.3. The van der Waals surface area contributed by atoms with Crippen LogP contribution in [0.25, 0.3) is 0 Å². The molecule has 2 atom stereocenters. The maximum atomic E-state index is 11.6. The molecule has 0 bridgehead atoms. The first-order valence-corrected chi connectivity index (χ1v) is 8.89. The summed E-state index contributed by atoms with van der Waals surface area (Å²) in [6.07, 6.45) is 7.01. The third-order valence-electron chi connectivity index (χ3n) is 4.41. The Bertz CT molecular complexity index is 564. The molecule has 1 aliphatic heterocycles. The Labute approximate surface area is 114 Å². The molecule has 5 nitrogen and oxygen atoms in total. The van der Waals surface area contributed by atoms with Gasteiger partial charge < -0.3 is 5.73 Å². The number of rotatable bonds is 3. The highest BCUT2D eigenvalue weighted by Gasteiger charge is 2.33. The second kappa shape index (κ2) is 4.90. The molecule has 1 aromatic rings. The van der Waals surface area contributed by atoms with Crippen LogP contribution < -0.4 is 5.73 Å². The minimum Gasteiger partial charge on any atom is -0.330 e. The fraction of sp³-hybridized carbons (Fsp3) is 0.769. The van der Waals surface area contributed by atoms with E-state index >= 15 is 0 Å². The van der Waals surface area contributed by atoms with Crippen LogP contribution in [0.5, 0.6) is 0 Å². The van der Waals surface area contributed by atoms with Crippen molar-refractivity contribution < 1.29 is 8.42 Å². The third kappa shape index (κ3) is 2.43. The summed E-state index contributed by atoms with van der Waals surface area (Å²) in [7, 11) is -2.85. The van der Waals surface area contributed by atoms with E-state index in [-0.39, 0.29) is 11.8 Å². The highest BCUT2D eigenvalue weighted by Crippen LogP contribution is 2.36. The maximum absolute atomic E-state index is 11.6. The summed E-state index contributed by atoms with van der Waals surface area (Å²) in [6, 6.07) is 0.0466. The van der Waals surface area contributed by atoms with Crippen molar-refractivity contribution in [3.05, 3.63) is 17.5 Å². The molecule has 0 amide bonds. The zero-order chi connectivity index (χ0) is 13.5. The number of hydrogen-bond acceptors (Lipinski definition) is 4. The summed E-state index contributed by atoms with van der Waals surface area (Å²) in [6.45, 7) is 0.701. The van der Waals surface area contributed by atoms with Crippen LogP contribution >= 0.6 is 0 Å². The van der Waals surface area contributed by atoms with Gasteiger partial charge in [-0.3, -0.25) is 4.68 Å². The lowest BCUT2D eigenvalue weighted by molar-refractivity contribution is 0.452. The van der Waals surface area contributed by atoms with Gasteiger partial charge >= 0.3 is 0 Å². The van der Waals surface area contributed by atoms with Crippen molar-refractivity contribution >= 4 is 9.84 Å². The van der Waals surface area contributed by atoms with Gasteiger partial charge in [0, 0.05) is 5.69 Å². The Hall–Kier alpha value is -0.880. The predicted octanol–water partition coefficient (Wildman–Crippen LogP) is 1.01. The number of aromatic nitrogens is 2.